The maximum absolute atomic E-state index is 12.9. The first kappa shape index (κ1) is 15.8. The molecule has 1 unspecified atom stereocenters. The van der Waals surface area contributed by atoms with E-state index < -0.39 is 10.0 Å². The summed E-state index contributed by atoms with van der Waals surface area (Å²) in [5.74, 6) is 0.224. The van der Waals surface area contributed by atoms with Crippen molar-refractivity contribution < 1.29 is 8.42 Å². The molecule has 1 aromatic carbocycles. The van der Waals surface area contributed by atoms with Gasteiger partial charge >= 0.3 is 0 Å². The van der Waals surface area contributed by atoms with E-state index in [0.717, 1.165) is 32.1 Å². The highest BCUT2D eigenvalue weighted by Gasteiger charge is 2.33. The number of hydrogen-bond donors (Lipinski definition) is 0. The van der Waals surface area contributed by atoms with Crippen molar-refractivity contribution in [3.05, 3.63) is 29.8 Å². The minimum atomic E-state index is -3.43. The second-order valence-corrected chi connectivity index (χ2v) is 7.42. The van der Waals surface area contributed by atoms with Crippen LogP contribution in [-0.2, 0) is 15.9 Å². The number of hydrogen-bond acceptors (Lipinski definition) is 2. The van der Waals surface area contributed by atoms with Gasteiger partial charge in [-0.25, -0.2) is 8.42 Å². The third kappa shape index (κ3) is 3.18. The van der Waals surface area contributed by atoms with Gasteiger partial charge in [0.1, 0.15) is 0 Å². The van der Waals surface area contributed by atoms with Gasteiger partial charge < -0.3 is 0 Å². The van der Waals surface area contributed by atoms with E-state index in [4.69, 9.17) is 11.6 Å². The third-order valence-electron chi connectivity index (χ3n) is 3.90. The lowest BCUT2D eigenvalue weighted by Gasteiger charge is -2.35. The number of alkyl halides is 1. The molecule has 1 fully saturated rings. The van der Waals surface area contributed by atoms with Gasteiger partial charge in [-0.2, -0.15) is 4.31 Å². The smallest absolute Gasteiger partial charge is 0.207 e. The SMILES string of the molecule is CCCC1CCCCN1S(=O)(=O)c1ccccc1CCl. The van der Waals surface area contributed by atoms with E-state index in [0.29, 0.717) is 17.0 Å². The summed E-state index contributed by atoms with van der Waals surface area (Å²) >= 11 is 5.89. The molecule has 0 saturated carbocycles. The summed E-state index contributed by atoms with van der Waals surface area (Å²) in [6, 6.07) is 7.20. The van der Waals surface area contributed by atoms with Crippen LogP contribution in [0.3, 0.4) is 0 Å². The Morgan fingerprint density at radius 3 is 2.75 bits per heavy atom. The van der Waals surface area contributed by atoms with Gasteiger partial charge in [0.25, 0.3) is 0 Å². The first-order valence-electron chi connectivity index (χ1n) is 7.27. The predicted molar refractivity (Wildman–Crippen MR) is 82.4 cm³/mol. The molecule has 0 bridgehead atoms. The molecule has 5 heteroatoms. The summed E-state index contributed by atoms with van der Waals surface area (Å²) in [6.07, 6.45) is 4.97. The summed E-state index contributed by atoms with van der Waals surface area (Å²) in [5, 5.41) is 0. The fraction of sp³-hybridized carbons (Fsp3) is 0.600. The molecule has 1 saturated heterocycles. The number of benzene rings is 1. The topological polar surface area (TPSA) is 37.4 Å². The molecular weight excluding hydrogens is 294 g/mol. The Morgan fingerprint density at radius 1 is 1.30 bits per heavy atom. The van der Waals surface area contributed by atoms with E-state index in [2.05, 4.69) is 6.92 Å². The third-order valence-corrected chi connectivity index (χ3v) is 6.24. The number of rotatable bonds is 5. The number of sulfonamides is 1. The van der Waals surface area contributed by atoms with Crippen molar-refractivity contribution in [1.82, 2.24) is 4.31 Å². The lowest BCUT2D eigenvalue weighted by Crippen LogP contribution is -2.43. The first-order valence-corrected chi connectivity index (χ1v) is 9.24. The van der Waals surface area contributed by atoms with Crippen LogP contribution in [0.2, 0.25) is 0 Å². The van der Waals surface area contributed by atoms with Gasteiger partial charge in [0.15, 0.2) is 0 Å². The van der Waals surface area contributed by atoms with Crippen molar-refractivity contribution in [3.63, 3.8) is 0 Å². The minimum absolute atomic E-state index is 0.141. The van der Waals surface area contributed by atoms with Crippen LogP contribution in [0, 0.1) is 0 Å². The van der Waals surface area contributed by atoms with Gasteiger partial charge in [-0.1, -0.05) is 38.0 Å². The van der Waals surface area contributed by atoms with Crippen LogP contribution in [0.25, 0.3) is 0 Å². The van der Waals surface area contributed by atoms with Crippen LogP contribution in [0.5, 0.6) is 0 Å². The van der Waals surface area contributed by atoms with E-state index >= 15 is 0 Å². The zero-order chi connectivity index (χ0) is 14.6. The van der Waals surface area contributed by atoms with Crippen LogP contribution in [0.4, 0.5) is 0 Å². The van der Waals surface area contributed by atoms with Crippen molar-refractivity contribution in [1.29, 1.82) is 0 Å². The highest BCUT2D eigenvalue weighted by Crippen LogP contribution is 2.29. The van der Waals surface area contributed by atoms with E-state index in [1.165, 1.54) is 0 Å². The van der Waals surface area contributed by atoms with Gasteiger partial charge in [-0.3, -0.25) is 0 Å². The van der Waals surface area contributed by atoms with Crippen molar-refractivity contribution >= 4 is 21.6 Å². The molecule has 1 aliphatic heterocycles. The zero-order valence-electron chi connectivity index (χ0n) is 11.9. The molecule has 0 aliphatic carbocycles. The van der Waals surface area contributed by atoms with Crippen molar-refractivity contribution in [2.45, 2.75) is 55.8 Å². The Balaban J connectivity index is 2.37. The molecule has 3 nitrogen and oxygen atoms in total. The molecule has 1 aromatic rings. The van der Waals surface area contributed by atoms with Gasteiger partial charge in [0, 0.05) is 18.5 Å². The number of halogens is 1. The van der Waals surface area contributed by atoms with Crippen molar-refractivity contribution in [2.75, 3.05) is 6.54 Å². The molecular formula is C15H22ClNO2S. The van der Waals surface area contributed by atoms with E-state index in [1.807, 2.05) is 6.07 Å². The van der Waals surface area contributed by atoms with Crippen LogP contribution >= 0.6 is 11.6 Å². The minimum Gasteiger partial charge on any atom is -0.207 e. The van der Waals surface area contributed by atoms with Gasteiger partial charge in [-0.15, -0.1) is 11.6 Å². The second kappa shape index (κ2) is 6.92. The monoisotopic (exact) mass is 315 g/mol. The van der Waals surface area contributed by atoms with E-state index in [1.54, 1.807) is 22.5 Å². The molecule has 2 rings (SSSR count). The number of nitrogens with zero attached hydrogens (tertiary/aromatic N) is 1. The Bertz CT molecular complexity index is 543. The lowest BCUT2D eigenvalue weighted by molar-refractivity contribution is 0.239. The predicted octanol–water partition coefficient (Wildman–Crippen LogP) is 3.77. The fourth-order valence-electron chi connectivity index (χ4n) is 2.90. The lowest BCUT2D eigenvalue weighted by atomic mass is 10.0. The van der Waals surface area contributed by atoms with Gasteiger partial charge in [-0.05, 0) is 30.9 Å². The molecule has 0 spiro atoms. The van der Waals surface area contributed by atoms with Crippen LogP contribution in [-0.4, -0.2) is 25.3 Å². The molecule has 0 N–H and O–H groups in total. The Morgan fingerprint density at radius 2 is 2.05 bits per heavy atom. The fourth-order valence-corrected chi connectivity index (χ4v) is 5.16. The molecule has 1 heterocycles. The molecule has 0 radical (unpaired) electrons. The maximum Gasteiger partial charge on any atom is 0.243 e. The zero-order valence-corrected chi connectivity index (χ0v) is 13.5. The second-order valence-electron chi connectivity index (χ2n) is 5.30. The summed E-state index contributed by atoms with van der Waals surface area (Å²) in [7, 11) is -3.43. The maximum atomic E-state index is 12.9. The van der Waals surface area contributed by atoms with E-state index in [-0.39, 0.29) is 11.9 Å². The summed E-state index contributed by atoms with van der Waals surface area (Å²) in [5.41, 5.74) is 0.690. The summed E-state index contributed by atoms with van der Waals surface area (Å²) in [4.78, 5) is 0.373. The molecule has 0 aromatic heterocycles. The molecule has 1 atom stereocenters. The molecule has 20 heavy (non-hydrogen) atoms. The summed E-state index contributed by atoms with van der Waals surface area (Å²) in [6.45, 7) is 2.73. The first-order chi connectivity index (χ1) is 9.61. The molecule has 112 valence electrons. The standard InChI is InChI=1S/C15H22ClNO2S/c1-2-7-14-9-5-6-11-17(14)20(18,19)15-10-4-3-8-13(15)12-16/h3-4,8,10,14H,2,5-7,9,11-12H2,1H3. The van der Waals surface area contributed by atoms with Crippen molar-refractivity contribution in [3.8, 4) is 0 Å². The van der Waals surface area contributed by atoms with Crippen LogP contribution in [0.15, 0.2) is 29.2 Å². The summed E-state index contributed by atoms with van der Waals surface area (Å²) < 4.78 is 27.5. The Kier molecular flexibility index (Phi) is 5.47. The number of piperidine rings is 1. The average molecular weight is 316 g/mol. The van der Waals surface area contributed by atoms with Crippen LogP contribution < -0.4 is 0 Å². The van der Waals surface area contributed by atoms with Crippen molar-refractivity contribution in [2.24, 2.45) is 0 Å². The normalized spacial score (nSPS) is 21.0. The largest absolute Gasteiger partial charge is 0.243 e. The van der Waals surface area contributed by atoms with Gasteiger partial charge in [0.2, 0.25) is 10.0 Å². The van der Waals surface area contributed by atoms with Gasteiger partial charge in [0.05, 0.1) is 4.90 Å². The average Bonchev–Trinajstić information content (AvgIpc) is 2.48. The highest BCUT2D eigenvalue weighted by atomic mass is 35.5. The highest BCUT2D eigenvalue weighted by molar-refractivity contribution is 7.89. The van der Waals surface area contributed by atoms with Crippen LogP contribution in [0.1, 0.15) is 44.6 Å². The Labute approximate surface area is 127 Å². The van der Waals surface area contributed by atoms with E-state index in [9.17, 15) is 8.42 Å². The Hall–Kier alpha value is -0.580. The quantitative estimate of drug-likeness (QED) is 0.776. The molecule has 1 aliphatic rings. The molecule has 0 amide bonds.